The quantitative estimate of drug-likeness (QED) is 0.745. The zero-order valence-corrected chi connectivity index (χ0v) is 9.30. The third kappa shape index (κ3) is 6.23. The van der Waals surface area contributed by atoms with Crippen molar-refractivity contribution in [3.8, 4) is 0 Å². The molecule has 1 unspecified atom stereocenters. The molecule has 0 bridgehead atoms. The molecule has 0 aliphatic carbocycles. The number of carboxylic acids is 1. The lowest BCUT2D eigenvalue weighted by atomic mass is 10.1. The Hall–Kier alpha value is -1.30. The van der Waals surface area contributed by atoms with Crippen LogP contribution in [0.1, 0.15) is 20.8 Å². The number of halogens is 3. The standard InChI is InChI=1S/C8H11F3O.C2H4O2/c1-4-6(12)8(10,11)7(9)5(2)3;1-2(3)4/h4,6,12H,1H2,2-3H3;1H3,(H,3,4). The Morgan fingerprint density at radius 3 is 1.88 bits per heavy atom. The highest BCUT2D eigenvalue weighted by atomic mass is 19.3. The number of aliphatic hydroxyl groups excluding tert-OH is 1. The van der Waals surface area contributed by atoms with E-state index in [2.05, 4.69) is 6.58 Å². The second kappa shape index (κ2) is 7.05. The van der Waals surface area contributed by atoms with Gasteiger partial charge in [-0.2, -0.15) is 8.78 Å². The molecule has 0 aromatic heterocycles. The number of aliphatic carboxylic acids is 1. The van der Waals surface area contributed by atoms with Crippen molar-refractivity contribution in [1.29, 1.82) is 0 Å². The van der Waals surface area contributed by atoms with Crippen molar-refractivity contribution in [2.75, 3.05) is 0 Å². The van der Waals surface area contributed by atoms with E-state index < -0.39 is 23.8 Å². The molecule has 0 aliphatic rings. The van der Waals surface area contributed by atoms with Gasteiger partial charge in [0.15, 0.2) is 5.83 Å². The topological polar surface area (TPSA) is 57.5 Å². The highest BCUT2D eigenvalue weighted by molar-refractivity contribution is 5.62. The lowest BCUT2D eigenvalue weighted by Gasteiger charge is -2.18. The van der Waals surface area contributed by atoms with Gasteiger partial charge in [-0.1, -0.05) is 6.08 Å². The van der Waals surface area contributed by atoms with Crippen LogP contribution in [-0.4, -0.2) is 28.2 Å². The van der Waals surface area contributed by atoms with E-state index in [1.165, 1.54) is 13.8 Å². The zero-order valence-electron chi connectivity index (χ0n) is 9.30. The van der Waals surface area contributed by atoms with Crippen molar-refractivity contribution in [2.24, 2.45) is 0 Å². The Labute approximate surface area is 91.9 Å². The summed E-state index contributed by atoms with van der Waals surface area (Å²) in [6.07, 6.45) is -1.57. The highest BCUT2D eigenvalue weighted by Crippen LogP contribution is 2.31. The number of hydrogen-bond donors (Lipinski definition) is 2. The van der Waals surface area contributed by atoms with Crippen LogP contribution in [0.15, 0.2) is 24.1 Å². The van der Waals surface area contributed by atoms with E-state index in [0.29, 0.717) is 6.08 Å². The smallest absolute Gasteiger partial charge is 0.327 e. The summed E-state index contributed by atoms with van der Waals surface area (Å²) < 4.78 is 38.1. The summed E-state index contributed by atoms with van der Waals surface area (Å²) >= 11 is 0. The Kier molecular flexibility index (Phi) is 7.54. The summed E-state index contributed by atoms with van der Waals surface area (Å²) in [5.74, 6) is -6.30. The first-order valence-electron chi connectivity index (χ1n) is 4.28. The molecule has 0 saturated carbocycles. The molecule has 3 nitrogen and oxygen atoms in total. The van der Waals surface area contributed by atoms with Crippen LogP contribution in [-0.2, 0) is 4.79 Å². The van der Waals surface area contributed by atoms with Crippen LogP contribution in [0, 0.1) is 0 Å². The van der Waals surface area contributed by atoms with E-state index >= 15 is 0 Å². The molecule has 16 heavy (non-hydrogen) atoms. The number of allylic oxidation sites excluding steroid dienone is 1. The van der Waals surface area contributed by atoms with E-state index in [9.17, 15) is 13.2 Å². The number of carbonyl (C=O) groups is 1. The van der Waals surface area contributed by atoms with Gasteiger partial charge < -0.3 is 10.2 Å². The monoisotopic (exact) mass is 240 g/mol. The first kappa shape index (κ1) is 17.1. The molecule has 0 radical (unpaired) electrons. The molecule has 1 atom stereocenters. The molecule has 2 N–H and O–H groups in total. The first-order valence-corrected chi connectivity index (χ1v) is 4.28. The van der Waals surface area contributed by atoms with Crippen LogP contribution >= 0.6 is 0 Å². The third-order valence-electron chi connectivity index (χ3n) is 1.33. The Bertz CT molecular complexity index is 277. The van der Waals surface area contributed by atoms with E-state index in [1.54, 1.807) is 0 Å². The molecule has 0 rings (SSSR count). The number of rotatable bonds is 3. The summed E-state index contributed by atoms with van der Waals surface area (Å²) in [7, 11) is 0. The van der Waals surface area contributed by atoms with Crippen molar-refractivity contribution in [3.05, 3.63) is 24.1 Å². The lowest BCUT2D eigenvalue weighted by molar-refractivity contribution is -0.134. The van der Waals surface area contributed by atoms with Gasteiger partial charge in [-0.05, 0) is 19.4 Å². The molecular weight excluding hydrogens is 225 g/mol. The van der Waals surface area contributed by atoms with Gasteiger partial charge in [0.25, 0.3) is 5.97 Å². The second-order valence-electron chi connectivity index (χ2n) is 3.14. The molecule has 0 amide bonds. The normalized spacial score (nSPS) is 11.9. The van der Waals surface area contributed by atoms with Crippen LogP contribution in [0.4, 0.5) is 13.2 Å². The molecular formula is C10H15F3O3. The second-order valence-corrected chi connectivity index (χ2v) is 3.14. The molecule has 94 valence electrons. The SMILES string of the molecule is C=CC(O)C(F)(F)C(F)=C(C)C.CC(=O)O. The van der Waals surface area contributed by atoms with Crippen LogP contribution in [0.2, 0.25) is 0 Å². The summed E-state index contributed by atoms with van der Waals surface area (Å²) in [5, 5.41) is 16.1. The van der Waals surface area contributed by atoms with E-state index in [-0.39, 0.29) is 5.57 Å². The minimum atomic E-state index is -3.86. The van der Waals surface area contributed by atoms with E-state index in [0.717, 1.165) is 6.92 Å². The van der Waals surface area contributed by atoms with Crippen molar-refractivity contribution in [2.45, 2.75) is 32.8 Å². The largest absolute Gasteiger partial charge is 0.481 e. The average Bonchev–Trinajstić information content (AvgIpc) is 2.14. The fraction of sp³-hybridized carbons (Fsp3) is 0.500. The molecule has 0 saturated heterocycles. The molecule has 0 aliphatic heterocycles. The molecule has 0 aromatic carbocycles. The van der Waals surface area contributed by atoms with Gasteiger partial charge in [-0.3, -0.25) is 4.79 Å². The Morgan fingerprint density at radius 1 is 1.38 bits per heavy atom. The van der Waals surface area contributed by atoms with Crippen LogP contribution in [0.25, 0.3) is 0 Å². The molecule has 0 aromatic rings. The van der Waals surface area contributed by atoms with Gasteiger partial charge >= 0.3 is 5.92 Å². The molecule has 6 heteroatoms. The Balaban J connectivity index is 0. The van der Waals surface area contributed by atoms with Crippen molar-refractivity contribution in [3.63, 3.8) is 0 Å². The van der Waals surface area contributed by atoms with Crippen molar-refractivity contribution >= 4 is 5.97 Å². The molecule has 0 heterocycles. The minimum Gasteiger partial charge on any atom is -0.481 e. The van der Waals surface area contributed by atoms with Crippen LogP contribution < -0.4 is 0 Å². The van der Waals surface area contributed by atoms with Crippen molar-refractivity contribution < 1.29 is 28.2 Å². The number of alkyl halides is 2. The predicted molar refractivity (Wildman–Crippen MR) is 53.9 cm³/mol. The fourth-order valence-electron chi connectivity index (χ4n) is 0.611. The van der Waals surface area contributed by atoms with Gasteiger partial charge in [0.05, 0.1) is 0 Å². The summed E-state index contributed by atoms with van der Waals surface area (Å²) in [6.45, 7) is 6.45. The third-order valence-corrected chi connectivity index (χ3v) is 1.33. The number of hydrogen-bond acceptors (Lipinski definition) is 2. The van der Waals surface area contributed by atoms with E-state index in [1.807, 2.05) is 0 Å². The van der Waals surface area contributed by atoms with E-state index in [4.69, 9.17) is 15.0 Å². The number of carboxylic acid groups (broad SMARTS) is 1. The maximum Gasteiger partial charge on any atom is 0.327 e. The average molecular weight is 240 g/mol. The minimum absolute atomic E-state index is 0.152. The van der Waals surface area contributed by atoms with Gasteiger partial charge in [0.1, 0.15) is 6.10 Å². The number of aliphatic hydroxyl groups is 1. The predicted octanol–water partition coefficient (Wildman–Crippen LogP) is 2.52. The van der Waals surface area contributed by atoms with Crippen molar-refractivity contribution in [1.82, 2.24) is 0 Å². The molecule has 0 spiro atoms. The molecule has 0 fully saturated rings. The van der Waals surface area contributed by atoms with Gasteiger partial charge in [0, 0.05) is 6.92 Å². The highest BCUT2D eigenvalue weighted by Gasteiger charge is 2.42. The maximum atomic E-state index is 12.7. The zero-order chi connectivity index (χ0) is 13.5. The van der Waals surface area contributed by atoms with Gasteiger partial charge in [-0.15, -0.1) is 6.58 Å². The lowest BCUT2D eigenvalue weighted by Crippen LogP contribution is -2.32. The van der Waals surface area contributed by atoms with Crippen LogP contribution in [0.3, 0.4) is 0 Å². The summed E-state index contributed by atoms with van der Waals surface area (Å²) in [6, 6.07) is 0. The maximum absolute atomic E-state index is 12.7. The van der Waals surface area contributed by atoms with Gasteiger partial charge in [0.2, 0.25) is 0 Å². The van der Waals surface area contributed by atoms with Crippen LogP contribution in [0.5, 0.6) is 0 Å². The summed E-state index contributed by atoms with van der Waals surface area (Å²) in [5.41, 5.74) is -0.152. The fourth-order valence-corrected chi connectivity index (χ4v) is 0.611. The Morgan fingerprint density at radius 2 is 1.69 bits per heavy atom. The van der Waals surface area contributed by atoms with Gasteiger partial charge in [-0.25, -0.2) is 4.39 Å². The summed E-state index contributed by atoms with van der Waals surface area (Å²) in [4.78, 5) is 9.00. The first-order chi connectivity index (χ1) is 7.07.